The molecule has 1 fully saturated rings. The zero-order valence-electron chi connectivity index (χ0n) is 10.9. The van der Waals surface area contributed by atoms with Gasteiger partial charge in [0.25, 0.3) is 0 Å². The van der Waals surface area contributed by atoms with Gasteiger partial charge in [0.2, 0.25) is 0 Å². The number of rotatable bonds is 3. The summed E-state index contributed by atoms with van der Waals surface area (Å²) in [5.41, 5.74) is 3.31. The molecule has 1 aliphatic rings. The molecule has 3 rings (SSSR count). The summed E-state index contributed by atoms with van der Waals surface area (Å²) >= 11 is 0. The molecule has 2 N–H and O–H groups in total. The van der Waals surface area contributed by atoms with E-state index in [4.69, 9.17) is 5.11 Å². The van der Waals surface area contributed by atoms with Crippen molar-refractivity contribution >= 4 is 0 Å². The van der Waals surface area contributed by atoms with Crippen molar-refractivity contribution in [1.29, 1.82) is 0 Å². The second-order valence-corrected chi connectivity index (χ2v) is 5.06. The fourth-order valence-corrected chi connectivity index (χ4v) is 2.69. The van der Waals surface area contributed by atoms with E-state index in [0.717, 1.165) is 24.3 Å². The minimum atomic E-state index is 0.0869. The maximum Gasteiger partial charge on any atom is 0.0994 e. The highest BCUT2D eigenvalue weighted by molar-refractivity contribution is 5.37. The van der Waals surface area contributed by atoms with Gasteiger partial charge >= 0.3 is 0 Å². The van der Waals surface area contributed by atoms with E-state index in [9.17, 15) is 0 Å². The zero-order valence-corrected chi connectivity index (χ0v) is 10.9. The van der Waals surface area contributed by atoms with Crippen molar-refractivity contribution in [3.63, 3.8) is 0 Å². The molecule has 2 aromatic rings. The summed E-state index contributed by atoms with van der Waals surface area (Å²) in [4.78, 5) is 4.30. The molecule has 4 nitrogen and oxygen atoms in total. The Bertz CT molecular complexity index is 527. The smallest absolute Gasteiger partial charge is 0.0994 e. The minimum absolute atomic E-state index is 0.0869. The number of aliphatic hydroxyl groups is 1. The SMILES string of the molecule is OCc1ccc(-n2cncc2C2CCCNC2)cc1. The third-order valence-corrected chi connectivity index (χ3v) is 3.78. The van der Waals surface area contributed by atoms with E-state index in [0.29, 0.717) is 5.92 Å². The normalized spacial score (nSPS) is 19.5. The van der Waals surface area contributed by atoms with Crippen LogP contribution in [0.1, 0.15) is 30.0 Å². The van der Waals surface area contributed by atoms with E-state index in [2.05, 4.69) is 14.9 Å². The van der Waals surface area contributed by atoms with Gasteiger partial charge in [-0.3, -0.25) is 0 Å². The molecule has 1 aliphatic heterocycles. The van der Waals surface area contributed by atoms with Crippen molar-refractivity contribution in [3.05, 3.63) is 48.0 Å². The van der Waals surface area contributed by atoms with Crippen LogP contribution in [0, 0.1) is 0 Å². The first-order valence-electron chi connectivity index (χ1n) is 6.81. The number of nitrogens with zero attached hydrogens (tertiary/aromatic N) is 2. The average Bonchev–Trinajstić information content (AvgIpc) is 2.98. The van der Waals surface area contributed by atoms with Gasteiger partial charge in [-0.15, -0.1) is 0 Å². The van der Waals surface area contributed by atoms with Crippen molar-refractivity contribution in [2.75, 3.05) is 13.1 Å². The van der Waals surface area contributed by atoms with Gasteiger partial charge < -0.3 is 15.0 Å². The van der Waals surface area contributed by atoms with Crippen LogP contribution in [0.3, 0.4) is 0 Å². The number of hydrogen-bond acceptors (Lipinski definition) is 3. The Hall–Kier alpha value is -1.65. The van der Waals surface area contributed by atoms with E-state index in [-0.39, 0.29) is 6.61 Å². The lowest BCUT2D eigenvalue weighted by atomic mass is 9.96. The molecule has 1 aromatic carbocycles. The first-order valence-corrected chi connectivity index (χ1v) is 6.81. The van der Waals surface area contributed by atoms with Crippen molar-refractivity contribution in [1.82, 2.24) is 14.9 Å². The molecule has 1 unspecified atom stereocenters. The second-order valence-electron chi connectivity index (χ2n) is 5.06. The minimum Gasteiger partial charge on any atom is -0.392 e. The molecule has 0 bridgehead atoms. The highest BCUT2D eigenvalue weighted by atomic mass is 16.3. The van der Waals surface area contributed by atoms with Crippen LogP contribution in [0.4, 0.5) is 0 Å². The van der Waals surface area contributed by atoms with Gasteiger partial charge in [0.05, 0.1) is 12.9 Å². The Kier molecular flexibility index (Phi) is 3.62. The number of aromatic nitrogens is 2. The van der Waals surface area contributed by atoms with Gasteiger partial charge in [-0.25, -0.2) is 4.98 Å². The molecule has 1 aromatic heterocycles. The lowest BCUT2D eigenvalue weighted by Gasteiger charge is -2.23. The summed E-state index contributed by atoms with van der Waals surface area (Å²) in [5, 5.41) is 12.5. The highest BCUT2D eigenvalue weighted by Crippen LogP contribution is 2.25. The van der Waals surface area contributed by atoms with Crippen molar-refractivity contribution < 1.29 is 5.11 Å². The summed E-state index contributed by atoms with van der Waals surface area (Å²) in [6, 6.07) is 7.98. The maximum absolute atomic E-state index is 9.09. The van der Waals surface area contributed by atoms with Crippen LogP contribution in [0.2, 0.25) is 0 Å². The molecule has 4 heteroatoms. The Morgan fingerprint density at radius 3 is 2.84 bits per heavy atom. The predicted octanol–water partition coefficient (Wildman–Crippen LogP) is 1.83. The summed E-state index contributed by atoms with van der Waals surface area (Å²) < 4.78 is 2.15. The lowest BCUT2D eigenvalue weighted by molar-refractivity contribution is 0.282. The van der Waals surface area contributed by atoms with Gasteiger partial charge in [-0.05, 0) is 37.1 Å². The van der Waals surface area contributed by atoms with Crippen LogP contribution < -0.4 is 5.32 Å². The molecular weight excluding hydrogens is 238 g/mol. The first-order chi connectivity index (χ1) is 9.38. The Labute approximate surface area is 113 Å². The van der Waals surface area contributed by atoms with E-state index >= 15 is 0 Å². The maximum atomic E-state index is 9.09. The van der Waals surface area contributed by atoms with Crippen LogP contribution >= 0.6 is 0 Å². The number of nitrogens with one attached hydrogen (secondary N) is 1. The number of aliphatic hydroxyl groups excluding tert-OH is 1. The largest absolute Gasteiger partial charge is 0.392 e. The highest BCUT2D eigenvalue weighted by Gasteiger charge is 2.19. The molecule has 0 amide bonds. The standard InChI is InChI=1S/C15H19N3O/c19-10-12-3-5-14(6-4-12)18-11-17-9-15(18)13-2-1-7-16-8-13/h3-6,9,11,13,16,19H,1-2,7-8,10H2. The van der Waals surface area contributed by atoms with Gasteiger partial charge in [0, 0.05) is 30.0 Å². The molecule has 2 heterocycles. The van der Waals surface area contributed by atoms with E-state index in [1.54, 1.807) is 0 Å². The summed E-state index contributed by atoms with van der Waals surface area (Å²) in [7, 11) is 0. The van der Waals surface area contributed by atoms with Crippen LogP contribution in [0.25, 0.3) is 5.69 Å². The Morgan fingerprint density at radius 1 is 1.32 bits per heavy atom. The quantitative estimate of drug-likeness (QED) is 0.882. The monoisotopic (exact) mass is 257 g/mol. The Morgan fingerprint density at radius 2 is 2.16 bits per heavy atom. The third kappa shape index (κ3) is 2.55. The number of piperidine rings is 1. The van der Waals surface area contributed by atoms with Crippen LogP contribution in [-0.2, 0) is 6.61 Å². The summed E-state index contributed by atoms with van der Waals surface area (Å²) in [6.07, 6.45) is 6.28. The molecular formula is C15H19N3O. The number of imidazole rings is 1. The van der Waals surface area contributed by atoms with Gasteiger partial charge in [-0.2, -0.15) is 0 Å². The van der Waals surface area contributed by atoms with Gasteiger partial charge in [0.15, 0.2) is 0 Å². The molecule has 0 spiro atoms. The predicted molar refractivity (Wildman–Crippen MR) is 74.3 cm³/mol. The molecule has 0 radical (unpaired) electrons. The fraction of sp³-hybridized carbons (Fsp3) is 0.400. The van der Waals surface area contributed by atoms with E-state index in [1.165, 1.54) is 18.5 Å². The number of benzene rings is 1. The third-order valence-electron chi connectivity index (χ3n) is 3.78. The molecule has 19 heavy (non-hydrogen) atoms. The van der Waals surface area contributed by atoms with E-state index in [1.807, 2.05) is 36.8 Å². The molecule has 0 aliphatic carbocycles. The molecule has 1 saturated heterocycles. The molecule has 1 atom stereocenters. The molecule has 100 valence electrons. The lowest BCUT2D eigenvalue weighted by Crippen LogP contribution is -2.29. The topological polar surface area (TPSA) is 50.1 Å². The van der Waals surface area contributed by atoms with Crippen LogP contribution in [0.15, 0.2) is 36.8 Å². The van der Waals surface area contributed by atoms with Crippen molar-refractivity contribution in [2.24, 2.45) is 0 Å². The first kappa shape index (κ1) is 12.4. The van der Waals surface area contributed by atoms with Gasteiger partial charge in [-0.1, -0.05) is 12.1 Å². The van der Waals surface area contributed by atoms with Crippen molar-refractivity contribution in [2.45, 2.75) is 25.4 Å². The zero-order chi connectivity index (χ0) is 13.1. The summed E-state index contributed by atoms with van der Waals surface area (Å²) in [5.74, 6) is 0.536. The molecule has 0 saturated carbocycles. The number of hydrogen-bond donors (Lipinski definition) is 2. The second kappa shape index (κ2) is 5.55. The van der Waals surface area contributed by atoms with Crippen LogP contribution in [-0.4, -0.2) is 27.7 Å². The fourth-order valence-electron chi connectivity index (χ4n) is 2.69. The van der Waals surface area contributed by atoms with Gasteiger partial charge in [0.1, 0.15) is 0 Å². The Balaban J connectivity index is 1.89. The van der Waals surface area contributed by atoms with Crippen LogP contribution in [0.5, 0.6) is 0 Å². The van der Waals surface area contributed by atoms with E-state index < -0.39 is 0 Å². The summed E-state index contributed by atoms with van der Waals surface area (Å²) in [6.45, 7) is 2.24. The van der Waals surface area contributed by atoms with Crippen molar-refractivity contribution in [3.8, 4) is 5.69 Å². The average molecular weight is 257 g/mol.